The number of hydrogen-bond donors (Lipinski definition) is 1. The van der Waals surface area contributed by atoms with Crippen molar-refractivity contribution in [2.45, 2.75) is 26.4 Å². The maximum Gasteiger partial charge on any atom is 0.113 e. The third-order valence-corrected chi connectivity index (χ3v) is 3.22. The summed E-state index contributed by atoms with van der Waals surface area (Å²) < 4.78 is 1.88. The predicted octanol–water partition coefficient (Wildman–Crippen LogP) is 2.92. The molecule has 20 heavy (non-hydrogen) atoms. The number of nitrogens with zero attached hydrogens (tertiary/aromatic N) is 3. The van der Waals surface area contributed by atoms with Crippen LogP contribution in [0.15, 0.2) is 48.5 Å². The van der Waals surface area contributed by atoms with Gasteiger partial charge in [-0.3, -0.25) is 0 Å². The molecule has 0 radical (unpaired) electrons. The summed E-state index contributed by atoms with van der Waals surface area (Å²) in [6.07, 6.45) is 0. The molecule has 0 amide bonds. The second-order valence-electron chi connectivity index (χ2n) is 5.20. The monoisotopic (exact) mass is 266 g/mol. The lowest BCUT2D eigenvalue weighted by molar-refractivity contribution is 0.588. The molecule has 4 nitrogen and oxygen atoms in total. The highest BCUT2D eigenvalue weighted by Crippen LogP contribution is 2.16. The Hall–Kier alpha value is -2.20. The molecule has 3 aromatic rings. The molecule has 0 aliphatic carbocycles. The SMILES string of the molecule is CC(C)NCc1cccc(-n2nnc3ccccc32)c1. The molecule has 1 aromatic heterocycles. The maximum absolute atomic E-state index is 4.25. The molecule has 2 aromatic carbocycles. The van der Waals surface area contributed by atoms with E-state index in [-0.39, 0.29) is 0 Å². The zero-order chi connectivity index (χ0) is 13.9. The molecule has 0 unspecified atom stereocenters. The van der Waals surface area contributed by atoms with Crippen LogP contribution >= 0.6 is 0 Å². The zero-order valence-electron chi connectivity index (χ0n) is 11.7. The fourth-order valence-electron chi connectivity index (χ4n) is 2.18. The molecule has 1 N–H and O–H groups in total. The Morgan fingerprint density at radius 2 is 1.95 bits per heavy atom. The molecule has 1 heterocycles. The van der Waals surface area contributed by atoms with Crippen LogP contribution in [0.4, 0.5) is 0 Å². The first kappa shape index (κ1) is 12.8. The van der Waals surface area contributed by atoms with Crippen molar-refractivity contribution in [2.75, 3.05) is 0 Å². The second kappa shape index (κ2) is 5.43. The van der Waals surface area contributed by atoms with E-state index in [0.29, 0.717) is 6.04 Å². The van der Waals surface area contributed by atoms with Crippen molar-refractivity contribution >= 4 is 11.0 Å². The van der Waals surface area contributed by atoms with Gasteiger partial charge >= 0.3 is 0 Å². The van der Waals surface area contributed by atoms with Crippen molar-refractivity contribution in [3.05, 3.63) is 54.1 Å². The van der Waals surface area contributed by atoms with E-state index in [1.807, 2.05) is 28.9 Å². The van der Waals surface area contributed by atoms with Crippen molar-refractivity contribution < 1.29 is 0 Å². The smallest absolute Gasteiger partial charge is 0.113 e. The van der Waals surface area contributed by atoms with E-state index in [1.54, 1.807) is 0 Å². The minimum Gasteiger partial charge on any atom is -0.310 e. The molecule has 0 bridgehead atoms. The Balaban J connectivity index is 1.95. The van der Waals surface area contributed by atoms with Gasteiger partial charge in [-0.1, -0.05) is 43.3 Å². The third-order valence-electron chi connectivity index (χ3n) is 3.22. The van der Waals surface area contributed by atoms with Crippen LogP contribution in [0, 0.1) is 0 Å². The summed E-state index contributed by atoms with van der Waals surface area (Å²) in [5.41, 5.74) is 4.23. The first-order valence-corrected chi connectivity index (χ1v) is 6.87. The quantitative estimate of drug-likeness (QED) is 0.789. The second-order valence-corrected chi connectivity index (χ2v) is 5.20. The zero-order valence-corrected chi connectivity index (χ0v) is 11.7. The van der Waals surface area contributed by atoms with E-state index < -0.39 is 0 Å². The van der Waals surface area contributed by atoms with Crippen molar-refractivity contribution in [1.82, 2.24) is 20.3 Å². The summed E-state index contributed by atoms with van der Waals surface area (Å²) in [5.74, 6) is 0. The van der Waals surface area contributed by atoms with Gasteiger partial charge in [-0.05, 0) is 29.8 Å². The first-order chi connectivity index (χ1) is 9.74. The largest absolute Gasteiger partial charge is 0.310 e. The lowest BCUT2D eigenvalue weighted by Crippen LogP contribution is -2.21. The van der Waals surface area contributed by atoms with Crippen LogP contribution in [-0.2, 0) is 6.54 Å². The molecular weight excluding hydrogens is 248 g/mol. The molecule has 3 rings (SSSR count). The number of para-hydroxylation sites is 1. The minimum absolute atomic E-state index is 0.478. The molecule has 0 aliphatic rings. The van der Waals surface area contributed by atoms with Crippen molar-refractivity contribution in [3.8, 4) is 5.69 Å². The molecule has 0 spiro atoms. The summed E-state index contributed by atoms with van der Waals surface area (Å²) in [6.45, 7) is 5.15. The van der Waals surface area contributed by atoms with Gasteiger partial charge in [0.05, 0.1) is 11.2 Å². The van der Waals surface area contributed by atoms with Crippen molar-refractivity contribution in [3.63, 3.8) is 0 Å². The summed E-state index contributed by atoms with van der Waals surface area (Å²) in [7, 11) is 0. The van der Waals surface area contributed by atoms with Gasteiger partial charge < -0.3 is 5.32 Å². The number of nitrogens with one attached hydrogen (secondary N) is 1. The lowest BCUT2D eigenvalue weighted by Gasteiger charge is -2.09. The first-order valence-electron chi connectivity index (χ1n) is 6.87. The topological polar surface area (TPSA) is 42.7 Å². The van der Waals surface area contributed by atoms with Gasteiger partial charge in [-0.2, -0.15) is 0 Å². The number of fused-ring (bicyclic) bond motifs is 1. The highest BCUT2D eigenvalue weighted by molar-refractivity contribution is 5.75. The van der Waals surface area contributed by atoms with E-state index in [2.05, 4.69) is 53.7 Å². The molecule has 0 aliphatic heterocycles. The van der Waals surface area contributed by atoms with Gasteiger partial charge in [0.15, 0.2) is 0 Å². The van der Waals surface area contributed by atoms with Crippen LogP contribution in [0.25, 0.3) is 16.7 Å². The Morgan fingerprint density at radius 1 is 1.10 bits per heavy atom. The number of hydrogen-bond acceptors (Lipinski definition) is 3. The number of benzene rings is 2. The van der Waals surface area contributed by atoms with Gasteiger partial charge in [-0.15, -0.1) is 5.10 Å². The fraction of sp³-hybridized carbons (Fsp3) is 0.250. The Bertz CT molecular complexity index is 715. The van der Waals surface area contributed by atoms with Crippen LogP contribution in [0.3, 0.4) is 0 Å². The molecule has 102 valence electrons. The van der Waals surface area contributed by atoms with E-state index >= 15 is 0 Å². The highest BCUT2D eigenvalue weighted by Gasteiger charge is 2.06. The Morgan fingerprint density at radius 3 is 2.80 bits per heavy atom. The van der Waals surface area contributed by atoms with Crippen LogP contribution in [-0.4, -0.2) is 21.0 Å². The molecule has 0 saturated carbocycles. The molecule has 4 heteroatoms. The minimum atomic E-state index is 0.478. The number of aromatic nitrogens is 3. The van der Waals surface area contributed by atoms with Crippen LogP contribution < -0.4 is 5.32 Å². The van der Waals surface area contributed by atoms with Crippen LogP contribution in [0.5, 0.6) is 0 Å². The van der Waals surface area contributed by atoms with E-state index in [0.717, 1.165) is 23.3 Å². The van der Waals surface area contributed by atoms with E-state index in [9.17, 15) is 0 Å². The maximum atomic E-state index is 4.25. The third kappa shape index (κ3) is 2.56. The van der Waals surface area contributed by atoms with Gasteiger partial charge in [0, 0.05) is 12.6 Å². The van der Waals surface area contributed by atoms with E-state index in [1.165, 1.54) is 5.56 Å². The lowest BCUT2D eigenvalue weighted by atomic mass is 10.2. The molecule has 0 fully saturated rings. The molecule has 0 saturated heterocycles. The molecular formula is C16H18N4. The Kier molecular flexibility index (Phi) is 3.48. The van der Waals surface area contributed by atoms with Crippen LogP contribution in [0.2, 0.25) is 0 Å². The van der Waals surface area contributed by atoms with Crippen molar-refractivity contribution in [2.24, 2.45) is 0 Å². The standard InChI is InChI=1S/C16H18N4/c1-12(2)17-11-13-6-5-7-14(10-13)20-16-9-4-3-8-15(16)18-19-20/h3-10,12,17H,11H2,1-2H3. The summed E-state index contributed by atoms with van der Waals surface area (Å²) >= 11 is 0. The van der Waals surface area contributed by atoms with Gasteiger partial charge in [0.1, 0.15) is 5.52 Å². The number of rotatable bonds is 4. The van der Waals surface area contributed by atoms with Gasteiger partial charge in [0.2, 0.25) is 0 Å². The predicted molar refractivity (Wildman–Crippen MR) is 80.8 cm³/mol. The molecule has 0 atom stereocenters. The van der Waals surface area contributed by atoms with Gasteiger partial charge in [-0.25, -0.2) is 4.68 Å². The average molecular weight is 266 g/mol. The van der Waals surface area contributed by atoms with Crippen molar-refractivity contribution in [1.29, 1.82) is 0 Å². The Labute approximate surface area is 118 Å². The summed E-state index contributed by atoms with van der Waals surface area (Å²) in [4.78, 5) is 0. The summed E-state index contributed by atoms with van der Waals surface area (Å²) in [5, 5.41) is 11.9. The average Bonchev–Trinajstić information content (AvgIpc) is 2.89. The normalized spacial score (nSPS) is 11.3. The highest BCUT2D eigenvalue weighted by atomic mass is 15.4. The van der Waals surface area contributed by atoms with Crippen LogP contribution in [0.1, 0.15) is 19.4 Å². The summed E-state index contributed by atoms with van der Waals surface area (Å²) in [6, 6.07) is 16.9. The van der Waals surface area contributed by atoms with Gasteiger partial charge in [0.25, 0.3) is 0 Å². The van der Waals surface area contributed by atoms with E-state index in [4.69, 9.17) is 0 Å². The fourth-order valence-corrected chi connectivity index (χ4v) is 2.18.